The number of hydrogen-bond acceptors (Lipinski definition) is 2. The van der Waals surface area contributed by atoms with E-state index in [4.69, 9.17) is 10.2 Å². The Hall–Kier alpha value is -0.0800. The highest BCUT2D eigenvalue weighted by Gasteiger charge is 2.08. The van der Waals surface area contributed by atoms with E-state index < -0.39 is 6.29 Å². The van der Waals surface area contributed by atoms with Crippen LogP contribution < -0.4 is 0 Å². The molecule has 0 bridgehead atoms. The molecule has 0 saturated carbocycles. The summed E-state index contributed by atoms with van der Waals surface area (Å²) in [5.74, 6) is 0.983. The molecule has 1 atom stereocenters. The topological polar surface area (TPSA) is 40.5 Å². The highest BCUT2D eigenvalue weighted by molar-refractivity contribution is 4.62. The first kappa shape index (κ1) is 31.9. The molecule has 2 N–H and O–H groups in total. The fourth-order valence-corrected chi connectivity index (χ4v) is 5.03. The van der Waals surface area contributed by atoms with Crippen LogP contribution in [0.25, 0.3) is 0 Å². The lowest BCUT2D eigenvalue weighted by Gasteiger charge is -2.17. The first-order valence-electron chi connectivity index (χ1n) is 15.1. The molecule has 0 spiro atoms. The molecule has 1 unspecified atom stereocenters. The van der Waals surface area contributed by atoms with Gasteiger partial charge < -0.3 is 10.2 Å². The summed E-state index contributed by atoms with van der Waals surface area (Å²) in [5, 5.41) is 17.8. The molecular weight excluding hydrogens is 392 g/mol. The molecular formula is C30H62O2. The Morgan fingerprint density at radius 1 is 0.344 bits per heavy atom. The fraction of sp³-hybridized carbons (Fsp3) is 1.00. The van der Waals surface area contributed by atoms with Gasteiger partial charge in [0.2, 0.25) is 0 Å². The van der Waals surface area contributed by atoms with Crippen LogP contribution in [-0.2, 0) is 0 Å². The molecule has 0 aliphatic rings. The quantitative estimate of drug-likeness (QED) is 0.0957. The van der Waals surface area contributed by atoms with Crippen LogP contribution in [0.5, 0.6) is 0 Å². The highest BCUT2D eigenvalue weighted by atomic mass is 16.5. The molecule has 0 amide bonds. The average molecular weight is 455 g/mol. The van der Waals surface area contributed by atoms with E-state index in [1.54, 1.807) is 0 Å². The smallest absolute Gasteiger partial charge is 0.151 e. The van der Waals surface area contributed by atoms with Crippen LogP contribution in [0.4, 0.5) is 0 Å². The van der Waals surface area contributed by atoms with Crippen molar-refractivity contribution < 1.29 is 10.2 Å². The molecule has 0 fully saturated rings. The van der Waals surface area contributed by atoms with Crippen molar-refractivity contribution in [2.24, 2.45) is 5.92 Å². The van der Waals surface area contributed by atoms with E-state index in [1.807, 2.05) is 0 Å². The van der Waals surface area contributed by atoms with Crippen LogP contribution in [0, 0.1) is 5.92 Å². The lowest BCUT2D eigenvalue weighted by molar-refractivity contribution is -0.0466. The third-order valence-electron chi connectivity index (χ3n) is 7.26. The standard InChI is InChI=1S/C30H62O2/c1-3-5-7-9-10-11-12-13-15-18-22-26-29(25-21-8-6-4-2)27-23-19-16-14-17-20-24-28-30(31)32/h29-32H,3-28H2,1-2H3. The average Bonchev–Trinajstić information content (AvgIpc) is 2.78. The molecule has 32 heavy (non-hydrogen) atoms. The maximum absolute atomic E-state index is 8.88. The molecule has 0 aromatic heterocycles. The maximum atomic E-state index is 8.88. The second kappa shape index (κ2) is 27.2. The molecule has 2 nitrogen and oxygen atoms in total. The van der Waals surface area contributed by atoms with Gasteiger partial charge >= 0.3 is 0 Å². The van der Waals surface area contributed by atoms with Gasteiger partial charge in [-0.25, -0.2) is 0 Å². The summed E-state index contributed by atoms with van der Waals surface area (Å²) in [6.07, 6.45) is 34.3. The minimum atomic E-state index is -1.11. The lowest BCUT2D eigenvalue weighted by Crippen LogP contribution is -2.02. The molecule has 0 aromatic rings. The number of rotatable bonds is 27. The van der Waals surface area contributed by atoms with Crippen molar-refractivity contribution >= 4 is 0 Å². The van der Waals surface area contributed by atoms with Crippen molar-refractivity contribution in [1.82, 2.24) is 0 Å². The van der Waals surface area contributed by atoms with Gasteiger partial charge in [0.1, 0.15) is 0 Å². The van der Waals surface area contributed by atoms with Gasteiger partial charge in [0, 0.05) is 0 Å². The van der Waals surface area contributed by atoms with Gasteiger partial charge in [-0.2, -0.15) is 0 Å². The largest absolute Gasteiger partial charge is 0.368 e. The summed E-state index contributed by atoms with van der Waals surface area (Å²) in [4.78, 5) is 0. The normalized spacial score (nSPS) is 12.7. The van der Waals surface area contributed by atoms with E-state index in [1.165, 1.54) is 148 Å². The Kier molecular flexibility index (Phi) is 27.1. The van der Waals surface area contributed by atoms with E-state index >= 15 is 0 Å². The van der Waals surface area contributed by atoms with E-state index in [0.29, 0.717) is 6.42 Å². The SMILES string of the molecule is CCCCCCCCCCCCCC(CCCCCC)CCCCCCCCCC(O)O. The van der Waals surface area contributed by atoms with Crippen molar-refractivity contribution in [3.63, 3.8) is 0 Å². The van der Waals surface area contributed by atoms with E-state index in [0.717, 1.165) is 18.8 Å². The Morgan fingerprint density at radius 2 is 0.594 bits per heavy atom. The molecule has 0 aliphatic heterocycles. The van der Waals surface area contributed by atoms with Gasteiger partial charge in [0.25, 0.3) is 0 Å². The van der Waals surface area contributed by atoms with Crippen LogP contribution in [0.2, 0.25) is 0 Å². The predicted octanol–water partition coefficient (Wildman–Crippen LogP) is 10.1. The summed E-state index contributed by atoms with van der Waals surface area (Å²) < 4.78 is 0. The summed E-state index contributed by atoms with van der Waals surface area (Å²) >= 11 is 0. The summed E-state index contributed by atoms with van der Waals surface area (Å²) in [7, 11) is 0. The van der Waals surface area contributed by atoms with Gasteiger partial charge in [-0.3, -0.25) is 0 Å². The summed E-state index contributed by atoms with van der Waals surface area (Å²) in [6, 6.07) is 0. The van der Waals surface area contributed by atoms with Gasteiger partial charge in [-0.05, 0) is 18.8 Å². The van der Waals surface area contributed by atoms with E-state index in [-0.39, 0.29) is 0 Å². The van der Waals surface area contributed by atoms with Gasteiger partial charge in [-0.1, -0.05) is 168 Å². The molecule has 0 saturated heterocycles. The minimum absolute atomic E-state index is 0.540. The molecule has 0 heterocycles. The molecule has 0 rings (SSSR count). The number of aliphatic hydroxyl groups excluding tert-OH is 1. The van der Waals surface area contributed by atoms with Crippen LogP contribution in [0.15, 0.2) is 0 Å². The Bertz CT molecular complexity index is 329. The van der Waals surface area contributed by atoms with Crippen LogP contribution in [0.3, 0.4) is 0 Å². The number of aliphatic hydroxyl groups is 2. The van der Waals surface area contributed by atoms with Gasteiger partial charge in [0.15, 0.2) is 6.29 Å². The van der Waals surface area contributed by atoms with Crippen molar-refractivity contribution in [2.45, 2.75) is 187 Å². The molecule has 194 valence electrons. The number of unbranched alkanes of at least 4 members (excludes halogenated alkanes) is 19. The van der Waals surface area contributed by atoms with Crippen LogP contribution in [-0.4, -0.2) is 16.5 Å². The maximum Gasteiger partial charge on any atom is 0.151 e. The van der Waals surface area contributed by atoms with Crippen LogP contribution in [0.1, 0.15) is 181 Å². The zero-order valence-electron chi connectivity index (χ0n) is 22.4. The zero-order chi connectivity index (χ0) is 23.5. The Morgan fingerprint density at radius 3 is 0.906 bits per heavy atom. The second-order valence-corrected chi connectivity index (χ2v) is 10.6. The monoisotopic (exact) mass is 454 g/mol. The Balaban J connectivity index is 3.69. The van der Waals surface area contributed by atoms with Crippen molar-refractivity contribution in [2.75, 3.05) is 0 Å². The van der Waals surface area contributed by atoms with Crippen molar-refractivity contribution in [3.05, 3.63) is 0 Å². The van der Waals surface area contributed by atoms with Gasteiger partial charge in [0.05, 0.1) is 0 Å². The predicted molar refractivity (Wildman–Crippen MR) is 143 cm³/mol. The molecule has 0 radical (unpaired) electrons. The first-order valence-corrected chi connectivity index (χ1v) is 15.1. The molecule has 0 aromatic carbocycles. The third-order valence-corrected chi connectivity index (χ3v) is 7.26. The fourth-order valence-electron chi connectivity index (χ4n) is 5.03. The summed E-state index contributed by atoms with van der Waals surface area (Å²) in [5.41, 5.74) is 0. The summed E-state index contributed by atoms with van der Waals surface area (Å²) in [6.45, 7) is 4.61. The molecule has 2 heteroatoms. The minimum Gasteiger partial charge on any atom is -0.368 e. The first-order chi connectivity index (χ1) is 15.7. The van der Waals surface area contributed by atoms with Gasteiger partial charge in [-0.15, -0.1) is 0 Å². The highest BCUT2D eigenvalue weighted by Crippen LogP contribution is 2.24. The molecule has 0 aliphatic carbocycles. The second-order valence-electron chi connectivity index (χ2n) is 10.6. The van der Waals surface area contributed by atoms with E-state index in [2.05, 4.69) is 13.8 Å². The lowest BCUT2D eigenvalue weighted by atomic mass is 9.89. The van der Waals surface area contributed by atoms with Crippen molar-refractivity contribution in [3.8, 4) is 0 Å². The Labute approximate surface area is 203 Å². The number of hydrogen-bond donors (Lipinski definition) is 2. The van der Waals surface area contributed by atoms with E-state index in [9.17, 15) is 0 Å². The third kappa shape index (κ3) is 26.2. The van der Waals surface area contributed by atoms with Crippen molar-refractivity contribution in [1.29, 1.82) is 0 Å². The zero-order valence-corrected chi connectivity index (χ0v) is 22.4. The van der Waals surface area contributed by atoms with Crippen LogP contribution >= 0.6 is 0 Å².